The number of aromatic nitrogens is 2. The number of ketones is 1. The molecule has 10 heteroatoms. The minimum absolute atomic E-state index is 0.0857. The number of nitrogens with one attached hydrogen (secondary N) is 1. The van der Waals surface area contributed by atoms with Gasteiger partial charge in [-0.15, -0.1) is 5.92 Å². The summed E-state index contributed by atoms with van der Waals surface area (Å²) in [6.07, 6.45) is -6.98. The summed E-state index contributed by atoms with van der Waals surface area (Å²) in [5, 5.41) is 30.4. The zero-order chi connectivity index (χ0) is 18.9. The smallest absolute Gasteiger partial charge is 0.330 e. The largest absolute Gasteiger partial charge is 0.387 e. The standard InChI is InChI=1S/C15H19N3O7/c1-3-4-7-5-18(15(24)17-13(7)22)14(23)12-10(21)9(20)11(25-12)8(19)6(2)16/h5-6,9-12,14,20-21,23H,16H2,1-2H3,(H,17,22,24)/t6-,9-,10-,11-,12-,14?/m0/s1. The first-order valence-electron chi connectivity index (χ1n) is 7.46. The summed E-state index contributed by atoms with van der Waals surface area (Å²) in [6, 6.07) is -0.954. The van der Waals surface area contributed by atoms with Crippen molar-refractivity contribution in [1.82, 2.24) is 9.55 Å². The van der Waals surface area contributed by atoms with Crippen LogP contribution in [-0.4, -0.2) is 61.1 Å². The predicted octanol–water partition coefficient (Wildman–Crippen LogP) is -3.20. The Hall–Kier alpha value is -2.29. The average Bonchev–Trinajstić information content (AvgIpc) is 2.84. The third-order valence-corrected chi connectivity index (χ3v) is 3.84. The molecule has 0 aromatic carbocycles. The van der Waals surface area contributed by atoms with Crippen molar-refractivity contribution in [3.63, 3.8) is 0 Å². The topological polar surface area (TPSA) is 168 Å². The quantitative estimate of drug-likeness (QED) is 0.353. The van der Waals surface area contributed by atoms with Gasteiger partial charge in [-0.3, -0.25) is 19.1 Å². The molecule has 6 N–H and O–H groups in total. The van der Waals surface area contributed by atoms with E-state index in [-0.39, 0.29) is 5.56 Å². The summed E-state index contributed by atoms with van der Waals surface area (Å²) in [5.74, 6) is 4.29. The Morgan fingerprint density at radius 2 is 2.04 bits per heavy atom. The average molecular weight is 353 g/mol. The normalized spacial score (nSPS) is 28.1. The number of nitrogens with zero attached hydrogens (tertiary/aromatic N) is 1. The fourth-order valence-corrected chi connectivity index (χ4v) is 2.51. The molecule has 0 aliphatic carbocycles. The SMILES string of the molecule is CC#Cc1cn(C(O)[C@H]2O[C@@H](C(=O)[C@H](C)N)[C@@H](O)[C@@H]2O)c(=O)[nH]c1=O. The van der Waals surface area contributed by atoms with Crippen LogP contribution in [0.15, 0.2) is 15.8 Å². The van der Waals surface area contributed by atoms with Crippen LogP contribution in [0.2, 0.25) is 0 Å². The zero-order valence-corrected chi connectivity index (χ0v) is 13.5. The molecule has 1 aliphatic heterocycles. The molecule has 0 spiro atoms. The van der Waals surface area contributed by atoms with Crippen molar-refractivity contribution in [2.45, 2.75) is 50.5 Å². The molecule has 0 amide bonds. The second-order valence-corrected chi connectivity index (χ2v) is 5.69. The summed E-state index contributed by atoms with van der Waals surface area (Å²) in [5.41, 5.74) is 3.67. The molecule has 1 aromatic heterocycles. The Labute approximate surface area is 141 Å². The van der Waals surface area contributed by atoms with E-state index in [1.54, 1.807) is 0 Å². The number of carbonyl (C=O) groups excluding carboxylic acids is 1. The second-order valence-electron chi connectivity index (χ2n) is 5.69. The number of H-pyrrole nitrogens is 1. The molecule has 2 rings (SSSR count). The van der Waals surface area contributed by atoms with E-state index in [0.29, 0.717) is 4.57 Å². The number of ether oxygens (including phenoxy) is 1. The lowest BCUT2D eigenvalue weighted by Gasteiger charge is -2.22. The van der Waals surface area contributed by atoms with E-state index in [2.05, 4.69) is 11.8 Å². The van der Waals surface area contributed by atoms with Gasteiger partial charge in [-0.2, -0.15) is 0 Å². The number of Topliss-reactive ketones (excluding diaryl/α,β-unsaturated/α-hetero) is 1. The van der Waals surface area contributed by atoms with Crippen LogP contribution in [0.25, 0.3) is 0 Å². The number of aliphatic hydroxyl groups excluding tert-OH is 3. The van der Waals surface area contributed by atoms with Gasteiger partial charge in [0.15, 0.2) is 12.0 Å². The van der Waals surface area contributed by atoms with Crippen LogP contribution in [0.5, 0.6) is 0 Å². The van der Waals surface area contributed by atoms with E-state index in [9.17, 15) is 29.7 Å². The highest BCUT2D eigenvalue weighted by atomic mass is 16.6. The molecule has 0 radical (unpaired) electrons. The third kappa shape index (κ3) is 3.55. The highest BCUT2D eigenvalue weighted by Crippen LogP contribution is 2.28. The van der Waals surface area contributed by atoms with Crippen LogP contribution in [0.4, 0.5) is 0 Å². The number of rotatable bonds is 4. The van der Waals surface area contributed by atoms with E-state index in [1.165, 1.54) is 13.8 Å². The van der Waals surface area contributed by atoms with Gasteiger partial charge in [0.2, 0.25) is 0 Å². The number of hydrogen-bond acceptors (Lipinski definition) is 8. The van der Waals surface area contributed by atoms with E-state index in [1.807, 2.05) is 4.98 Å². The van der Waals surface area contributed by atoms with Gasteiger partial charge in [0.1, 0.15) is 30.0 Å². The van der Waals surface area contributed by atoms with Crippen molar-refractivity contribution in [3.05, 3.63) is 32.6 Å². The lowest BCUT2D eigenvalue weighted by molar-refractivity contribution is -0.140. The fraction of sp³-hybridized carbons (Fsp3) is 0.533. The van der Waals surface area contributed by atoms with E-state index < -0.39 is 53.7 Å². The Kier molecular flexibility index (Phi) is 5.56. The van der Waals surface area contributed by atoms with E-state index in [0.717, 1.165) is 6.20 Å². The van der Waals surface area contributed by atoms with E-state index in [4.69, 9.17) is 10.5 Å². The van der Waals surface area contributed by atoms with Crippen LogP contribution in [-0.2, 0) is 9.53 Å². The van der Waals surface area contributed by atoms with Crippen LogP contribution in [0.1, 0.15) is 25.6 Å². The van der Waals surface area contributed by atoms with Crippen molar-refractivity contribution in [1.29, 1.82) is 0 Å². The highest BCUT2D eigenvalue weighted by molar-refractivity contribution is 5.88. The monoisotopic (exact) mass is 353 g/mol. The van der Waals surface area contributed by atoms with Gasteiger partial charge in [0.05, 0.1) is 6.04 Å². The van der Waals surface area contributed by atoms with Crippen molar-refractivity contribution in [2.75, 3.05) is 0 Å². The zero-order valence-electron chi connectivity index (χ0n) is 13.5. The molecule has 136 valence electrons. The van der Waals surface area contributed by atoms with Crippen LogP contribution in [0.3, 0.4) is 0 Å². The van der Waals surface area contributed by atoms with Crippen molar-refractivity contribution < 1.29 is 24.9 Å². The summed E-state index contributed by atoms with van der Waals surface area (Å²) < 4.78 is 5.94. The molecular formula is C15H19N3O7. The molecule has 1 saturated heterocycles. The Morgan fingerprint density at radius 3 is 2.60 bits per heavy atom. The Bertz CT molecular complexity index is 832. The third-order valence-electron chi connectivity index (χ3n) is 3.84. The maximum absolute atomic E-state index is 11.9. The van der Waals surface area contributed by atoms with Gasteiger partial charge >= 0.3 is 5.69 Å². The fourth-order valence-electron chi connectivity index (χ4n) is 2.51. The number of nitrogens with two attached hydrogens (primary N) is 1. The van der Waals surface area contributed by atoms with Crippen LogP contribution in [0, 0.1) is 11.8 Å². The van der Waals surface area contributed by atoms with Crippen molar-refractivity contribution in [3.8, 4) is 11.8 Å². The molecule has 1 aliphatic rings. The van der Waals surface area contributed by atoms with Crippen molar-refractivity contribution in [2.24, 2.45) is 5.73 Å². The van der Waals surface area contributed by atoms with Gasteiger partial charge in [0.25, 0.3) is 5.56 Å². The number of carbonyl (C=O) groups is 1. The van der Waals surface area contributed by atoms with Gasteiger partial charge in [-0.25, -0.2) is 4.79 Å². The molecule has 0 bridgehead atoms. The lowest BCUT2D eigenvalue weighted by atomic mass is 10.0. The highest BCUT2D eigenvalue weighted by Gasteiger charge is 2.50. The predicted molar refractivity (Wildman–Crippen MR) is 84.5 cm³/mol. The summed E-state index contributed by atoms with van der Waals surface area (Å²) >= 11 is 0. The molecule has 0 saturated carbocycles. The van der Waals surface area contributed by atoms with Gasteiger partial charge in [-0.1, -0.05) is 5.92 Å². The molecule has 1 unspecified atom stereocenters. The summed E-state index contributed by atoms with van der Waals surface area (Å²) in [7, 11) is 0. The van der Waals surface area contributed by atoms with Gasteiger partial charge < -0.3 is 25.8 Å². The van der Waals surface area contributed by atoms with Crippen LogP contribution >= 0.6 is 0 Å². The van der Waals surface area contributed by atoms with Crippen LogP contribution < -0.4 is 17.0 Å². The van der Waals surface area contributed by atoms with Gasteiger partial charge in [-0.05, 0) is 13.8 Å². The lowest BCUT2D eigenvalue weighted by Crippen LogP contribution is -2.43. The second kappa shape index (κ2) is 7.30. The molecule has 10 nitrogen and oxygen atoms in total. The first kappa shape index (κ1) is 19.0. The molecule has 1 fully saturated rings. The molecule has 1 aromatic rings. The van der Waals surface area contributed by atoms with E-state index >= 15 is 0 Å². The first-order valence-corrected chi connectivity index (χ1v) is 7.46. The minimum atomic E-state index is -1.78. The Morgan fingerprint density at radius 1 is 1.40 bits per heavy atom. The maximum Gasteiger partial charge on any atom is 0.330 e. The summed E-state index contributed by atoms with van der Waals surface area (Å²) in [6.45, 7) is 2.87. The maximum atomic E-state index is 11.9. The molecule has 25 heavy (non-hydrogen) atoms. The molecule has 2 heterocycles. The number of hydrogen-bond donors (Lipinski definition) is 5. The van der Waals surface area contributed by atoms with Gasteiger partial charge in [0, 0.05) is 6.20 Å². The minimum Gasteiger partial charge on any atom is -0.387 e. The first-order chi connectivity index (χ1) is 11.7. The number of aromatic amines is 1. The summed E-state index contributed by atoms with van der Waals surface area (Å²) in [4.78, 5) is 37.4. The molecule has 6 atom stereocenters. The Balaban J connectivity index is 2.37. The number of aliphatic hydroxyl groups is 3. The van der Waals surface area contributed by atoms with Crippen molar-refractivity contribution >= 4 is 5.78 Å². The molecular weight excluding hydrogens is 334 g/mol.